The number of hydrogen-bond donors (Lipinski definition) is 1. The second kappa shape index (κ2) is 7.52. The molecule has 24 heavy (non-hydrogen) atoms. The minimum absolute atomic E-state index is 0.131. The van der Waals surface area contributed by atoms with Crippen LogP contribution >= 0.6 is 0 Å². The van der Waals surface area contributed by atoms with Gasteiger partial charge >= 0.3 is 0 Å². The Hall–Kier alpha value is -2.29. The van der Waals surface area contributed by atoms with Gasteiger partial charge in [-0.25, -0.2) is 0 Å². The van der Waals surface area contributed by atoms with Crippen LogP contribution < -0.4 is 5.32 Å². The Morgan fingerprint density at radius 3 is 2.46 bits per heavy atom. The number of carbonyl (C=O) groups is 1. The Morgan fingerprint density at radius 1 is 1.04 bits per heavy atom. The fourth-order valence-electron chi connectivity index (χ4n) is 3.48. The van der Waals surface area contributed by atoms with Crippen LogP contribution in [0.3, 0.4) is 0 Å². The molecule has 3 rings (SSSR count). The SMILES string of the molecule is CCN(CC)C(=O)[C@@H](Nc1ccc2c(c1)CCC2)c1ccccc1. The topological polar surface area (TPSA) is 32.3 Å². The Labute approximate surface area is 144 Å². The zero-order valence-electron chi connectivity index (χ0n) is 14.6. The van der Waals surface area contributed by atoms with Gasteiger partial charge in [-0.3, -0.25) is 4.79 Å². The highest BCUT2D eigenvalue weighted by Crippen LogP contribution is 2.28. The van der Waals surface area contributed by atoms with Gasteiger partial charge in [0.05, 0.1) is 0 Å². The maximum atomic E-state index is 13.0. The van der Waals surface area contributed by atoms with E-state index in [2.05, 4.69) is 23.5 Å². The first-order chi connectivity index (χ1) is 11.7. The van der Waals surface area contributed by atoms with Crippen molar-refractivity contribution in [2.45, 2.75) is 39.2 Å². The first-order valence-electron chi connectivity index (χ1n) is 8.95. The largest absolute Gasteiger partial charge is 0.370 e. The maximum absolute atomic E-state index is 13.0. The highest BCUT2D eigenvalue weighted by molar-refractivity contribution is 5.86. The number of carbonyl (C=O) groups excluding carboxylic acids is 1. The summed E-state index contributed by atoms with van der Waals surface area (Å²) in [6, 6.07) is 16.2. The number of nitrogens with one attached hydrogen (secondary N) is 1. The molecule has 0 radical (unpaired) electrons. The number of amides is 1. The van der Waals surface area contributed by atoms with E-state index in [1.807, 2.05) is 49.1 Å². The van der Waals surface area contributed by atoms with Crippen molar-refractivity contribution in [2.24, 2.45) is 0 Å². The molecule has 3 heteroatoms. The average molecular weight is 322 g/mol. The minimum Gasteiger partial charge on any atom is -0.370 e. The van der Waals surface area contributed by atoms with Crippen LogP contribution in [0.15, 0.2) is 48.5 Å². The third-order valence-corrected chi connectivity index (χ3v) is 4.86. The Morgan fingerprint density at radius 2 is 1.75 bits per heavy atom. The molecule has 1 atom stereocenters. The summed E-state index contributed by atoms with van der Waals surface area (Å²) < 4.78 is 0. The van der Waals surface area contributed by atoms with E-state index in [1.165, 1.54) is 24.0 Å². The second-order valence-corrected chi connectivity index (χ2v) is 6.34. The van der Waals surface area contributed by atoms with E-state index in [0.29, 0.717) is 0 Å². The zero-order chi connectivity index (χ0) is 16.9. The van der Waals surface area contributed by atoms with Crippen LogP contribution in [0.5, 0.6) is 0 Å². The molecule has 0 aromatic heterocycles. The molecular formula is C21H26N2O. The van der Waals surface area contributed by atoms with Gasteiger partial charge in [0.15, 0.2) is 0 Å². The molecule has 126 valence electrons. The van der Waals surface area contributed by atoms with Crippen LogP contribution in [0.2, 0.25) is 0 Å². The number of hydrogen-bond acceptors (Lipinski definition) is 2. The molecule has 0 bridgehead atoms. The monoisotopic (exact) mass is 322 g/mol. The molecule has 0 fully saturated rings. The molecule has 1 amide bonds. The standard InChI is InChI=1S/C21H26N2O/c1-3-23(4-2)21(24)20(17-9-6-5-7-10-17)22-19-14-13-16-11-8-12-18(16)15-19/h5-7,9-10,13-15,20,22H,3-4,8,11-12H2,1-2H3/t20-/m0/s1. The van der Waals surface area contributed by atoms with Gasteiger partial charge in [0.1, 0.15) is 6.04 Å². The fraction of sp³-hybridized carbons (Fsp3) is 0.381. The Kier molecular flexibility index (Phi) is 5.19. The van der Waals surface area contributed by atoms with E-state index in [4.69, 9.17) is 0 Å². The average Bonchev–Trinajstić information content (AvgIpc) is 3.09. The molecule has 0 saturated carbocycles. The summed E-state index contributed by atoms with van der Waals surface area (Å²) in [5.41, 5.74) is 4.91. The van der Waals surface area contributed by atoms with Gasteiger partial charge in [0.25, 0.3) is 0 Å². The van der Waals surface area contributed by atoms with E-state index in [9.17, 15) is 4.79 Å². The van der Waals surface area contributed by atoms with Crippen LogP contribution in [0, 0.1) is 0 Å². The third-order valence-electron chi connectivity index (χ3n) is 4.86. The van der Waals surface area contributed by atoms with E-state index in [0.717, 1.165) is 30.8 Å². The predicted molar refractivity (Wildman–Crippen MR) is 99.2 cm³/mol. The molecule has 3 nitrogen and oxygen atoms in total. The summed E-state index contributed by atoms with van der Waals surface area (Å²) >= 11 is 0. The van der Waals surface area contributed by atoms with E-state index < -0.39 is 0 Å². The second-order valence-electron chi connectivity index (χ2n) is 6.34. The van der Waals surface area contributed by atoms with Crippen LogP contribution in [0.4, 0.5) is 5.69 Å². The molecule has 0 saturated heterocycles. The van der Waals surface area contributed by atoms with Gasteiger partial charge in [0, 0.05) is 18.8 Å². The molecule has 2 aromatic carbocycles. The number of anilines is 1. The van der Waals surface area contributed by atoms with Gasteiger partial charge in [-0.2, -0.15) is 0 Å². The lowest BCUT2D eigenvalue weighted by Gasteiger charge is -2.27. The Balaban J connectivity index is 1.88. The number of nitrogens with zero attached hydrogens (tertiary/aromatic N) is 1. The van der Waals surface area contributed by atoms with Crippen LogP contribution in [-0.2, 0) is 17.6 Å². The lowest BCUT2D eigenvalue weighted by atomic mass is 10.0. The van der Waals surface area contributed by atoms with Crippen molar-refractivity contribution in [2.75, 3.05) is 18.4 Å². The van der Waals surface area contributed by atoms with E-state index in [1.54, 1.807) is 0 Å². The smallest absolute Gasteiger partial charge is 0.249 e. The minimum atomic E-state index is -0.342. The molecular weight excluding hydrogens is 296 g/mol. The molecule has 1 aliphatic rings. The van der Waals surface area contributed by atoms with Crippen molar-refractivity contribution < 1.29 is 4.79 Å². The summed E-state index contributed by atoms with van der Waals surface area (Å²) in [6.07, 6.45) is 3.56. The first-order valence-corrected chi connectivity index (χ1v) is 8.95. The molecule has 0 spiro atoms. The zero-order valence-corrected chi connectivity index (χ0v) is 14.6. The van der Waals surface area contributed by atoms with Gasteiger partial charge in [0.2, 0.25) is 5.91 Å². The molecule has 1 N–H and O–H groups in total. The first kappa shape index (κ1) is 16.6. The van der Waals surface area contributed by atoms with Gasteiger partial charge in [-0.1, -0.05) is 36.4 Å². The summed E-state index contributed by atoms with van der Waals surface area (Å²) in [5, 5.41) is 3.48. The number of aryl methyl sites for hydroxylation is 2. The molecule has 2 aromatic rings. The van der Waals surface area contributed by atoms with Gasteiger partial charge < -0.3 is 10.2 Å². The van der Waals surface area contributed by atoms with Gasteiger partial charge in [-0.15, -0.1) is 0 Å². The lowest BCUT2D eigenvalue weighted by molar-refractivity contribution is -0.131. The quantitative estimate of drug-likeness (QED) is 0.864. The molecule has 0 unspecified atom stereocenters. The lowest BCUT2D eigenvalue weighted by Crippen LogP contribution is -2.37. The number of likely N-dealkylation sites (N-methyl/N-ethyl adjacent to an activating group) is 1. The van der Waals surface area contributed by atoms with Crippen molar-refractivity contribution in [1.82, 2.24) is 4.90 Å². The number of benzene rings is 2. The summed E-state index contributed by atoms with van der Waals surface area (Å²) in [7, 11) is 0. The maximum Gasteiger partial charge on any atom is 0.249 e. The van der Waals surface area contributed by atoms with Crippen LogP contribution in [-0.4, -0.2) is 23.9 Å². The third kappa shape index (κ3) is 3.45. The normalized spacial score (nSPS) is 14.1. The molecule has 0 heterocycles. The number of fused-ring (bicyclic) bond motifs is 1. The predicted octanol–water partition coefficient (Wildman–Crippen LogP) is 4.20. The van der Waals surface area contributed by atoms with Crippen LogP contribution in [0.25, 0.3) is 0 Å². The van der Waals surface area contributed by atoms with Crippen molar-refractivity contribution in [1.29, 1.82) is 0 Å². The van der Waals surface area contributed by atoms with Crippen molar-refractivity contribution in [3.63, 3.8) is 0 Å². The number of rotatable bonds is 6. The van der Waals surface area contributed by atoms with Gasteiger partial charge in [-0.05, 0) is 61.9 Å². The Bertz CT molecular complexity index is 692. The van der Waals surface area contributed by atoms with E-state index >= 15 is 0 Å². The summed E-state index contributed by atoms with van der Waals surface area (Å²) in [4.78, 5) is 14.9. The van der Waals surface area contributed by atoms with Crippen LogP contribution in [0.1, 0.15) is 43.0 Å². The fourth-order valence-corrected chi connectivity index (χ4v) is 3.48. The van der Waals surface area contributed by atoms with Crippen molar-refractivity contribution in [3.8, 4) is 0 Å². The molecule has 1 aliphatic carbocycles. The summed E-state index contributed by atoms with van der Waals surface area (Å²) in [5.74, 6) is 0.131. The highest BCUT2D eigenvalue weighted by Gasteiger charge is 2.24. The molecule has 0 aliphatic heterocycles. The highest BCUT2D eigenvalue weighted by atomic mass is 16.2. The summed E-state index contributed by atoms with van der Waals surface area (Å²) in [6.45, 7) is 5.51. The van der Waals surface area contributed by atoms with E-state index in [-0.39, 0.29) is 11.9 Å². The van der Waals surface area contributed by atoms with Crippen molar-refractivity contribution in [3.05, 3.63) is 65.2 Å². The van der Waals surface area contributed by atoms with Crippen molar-refractivity contribution >= 4 is 11.6 Å².